The number of oxime groups is 1. The Kier molecular flexibility index (Phi) is 6.25. The first kappa shape index (κ1) is 22.0. The van der Waals surface area contributed by atoms with E-state index in [1.165, 1.54) is 35.1 Å². The number of aromatic nitrogens is 2. The van der Waals surface area contributed by atoms with Gasteiger partial charge in [-0.25, -0.2) is 9.78 Å². The van der Waals surface area contributed by atoms with Crippen LogP contribution in [-0.2, 0) is 19.2 Å². The predicted octanol–water partition coefficient (Wildman–Crippen LogP) is 0.984. The lowest BCUT2D eigenvalue weighted by Crippen LogP contribution is -2.71. The number of thiazole rings is 2. The number of thioether (sulfide) groups is 1. The zero-order chi connectivity index (χ0) is 22.8. The molecular formula is C18H16N6O5S3. The predicted molar refractivity (Wildman–Crippen MR) is 121 cm³/mol. The average Bonchev–Trinajstić information content (AvgIpc) is 3.45. The van der Waals surface area contributed by atoms with Gasteiger partial charge < -0.3 is 21.0 Å². The highest BCUT2D eigenvalue weighted by atomic mass is 32.2. The maximum Gasteiger partial charge on any atom is 0.352 e. The van der Waals surface area contributed by atoms with E-state index >= 15 is 0 Å². The van der Waals surface area contributed by atoms with E-state index in [0.717, 1.165) is 16.2 Å². The molecule has 11 nitrogen and oxygen atoms in total. The van der Waals surface area contributed by atoms with Gasteiger partial charge in [0.05, 0.1) is 5.51 Å². The van der Waals surface area contributed by atoms with E-state index in [-0.39, 0.29) is 22.2 Å². The normalized spacial score (nSPS) is 20.8. The van der Waals surface area contributed by atoms with Gasteiger partial charge in [0.2, 0.25) is 0 Å². The lowest BCUT2D eigenvalue weighted by molar-refractivity contribution is -0.150. The Labute approximate surface area is 193 Å². The molecule has 1 unspecified atom stereocenters. The van der Waals surface area contributed by atoms with Crippen LogP contribution in [0.5, 0.6) is 0 Å². The Hall–Kier alpha value is -3.23. The summed E-state index contributed by atoms with van der Waals surface area (Å²) in [7, 11) is 1.28. The summed E-state index contributed by atoms with van der Waals surface area (Å²) in [5, 5.41) is 17.3. The minimum atomic E-state index is -1.21. The van der Waals surface area contributed by atoms with Crippen molar-refractivity contribution >= 4 is 69.1 Å². The zero-order valence-corrected chi connectivity index (χ0v) is 18.9. The van der Waals surface area contributed by atoms with E-state index in [0.29, 0.717) is 11.3 Å². The summed E-state index contributed by atoms with van der Waals surface area (Å²) in [6.07, 6.45) is 5.10. The van der Waals surface area contributed by atoms with Crippen molar-refractivity contribution in [1.29, 1.82) is 0 Å². The Balaban J connectivity index is 1.53. The number of amides is 2. The van der Waals surface area contributed by atoms with Crippen LogP contribution in [-0.4, -0.2) is 67.7 Å². The topological polar surface area (TPSA) is 160 Å². The van der Waals surface area contributed by atoms with Crippen molar-refractivity contribution in [3.05, 3.63) is 45.0 Å². The van der Waals surface area contributed by atoms with Gasteiger partial charge in [-0.1, -0.05) is 11.2 Å². The van der Waals surface area contributed by atoms with Gasteiger partial charge in [-0.2, -0.15) is 0 Å². The Morgan fingerprint density at radius 3 is 2.84 bits per heavy atom. The fraction of sp³-hybridized carbons (Fsp3) is 0.222. The largest absolute Gasteiger partial charge is 0.477 e. The molecule has 0 aliphatic carbocycles. The summed E-state index contributed by atoms with van der Waals surface area (Å²) in [5.74, 6) is -2.05. The third-order valence-corrected chi connectivity index (χ3v) is 7.27. The molecule has 1 saturated heterocycles. The molecule has 14 heteroatoms. The third-order valence-electron chi connectivity index (χ3n) is 4.55. The number of β-lactam (4-membered cyclic amide) rings is 1. The summed E-state index contributed by atoms with van der Waals surface area (Å²) >= 11 is 3.90. The van der Waals surface area contributed by atoms with Crippen LogP contribution in [0.3, 0.4) is 0 Å². The Morgan fingerprint density at radius 2 is 2.22 bits per heavy atom. The van der Waals surface area contributed by atoms with Crippen LogP contribution in [0.4, 0.5) is 5.13 Å². The van der Waals surface area contributed by atoms with Crippen LogP contribution in [0, 0.1) is 0 Å². The van der Waals surface area contributed by atoms with Gasteiger partial charge in [0.1, 0.15) is 29.9 Å². The van der Waals surface area contributed by atoms with Crippen LogP contribution in [0.25, 0.3) is 6.08 Å². The minimum Gasteiger partial charge on any atom is -0.477 e. The molecule has 166 valence electrons. The number of carbonyl (C=O) groups is 3. The molecule has 2 aliphatic heterocycles. The van der Waals surface area contributed by atoms with Crippen molar-refractivity contribution in [2.45, 2.75) is 11.4 Å². The first-order valence-electron chi connectivity index (χ1n) is 9.01. The highest BCUT2D eigenvalue weighted by Crippen LogP contribution is 2.40. The van der Waals surface area contributed by atoms with Crippen molar-refractivity contribution < 1.29 is 24.3 Å². The molecule has 0 radical (unpaired) electrons. The molecule has 2 aromatic rings. The molecule has 0 aromatic carbocycles. The van der Waals surface area contributed by atoms with E-state index in [2.05, 4.69) is 20.4 Å². The molecule has 2 aliphatic rings. The second-order valence-corrected chi connectivity index (χ2v) is 9.38. The molecule has 0 saturated carbocycles. The van der Waals surface area contributed by atoms with Gasteiger partial charge in [-0.3, -0.25) is 19.5 Å². The highest BCUT2D eigenvalue weighted by molar-refractivity contribution is 8.00. The lowest BCUT2D eigenvalue weighted by Gasteiger charge is -2.49. The molecular weight excluding hydrogens is 476 g/mol. The fourth-order valence-electron chi connectivity index (χ4n) is 3.16. The number of nitrogens with two attached hydrogens (primary N) is 1. The smallest absolute Gasteiger partial charge is 0.352 e. The molecule has 1 fully saturated rings. The van der Waals surface area contributed by atoms with Crippen molar-refractivity contribution in [2.24, 2.45) is 5.16 Å². The molecule has 0 spiro atoms. The van der Waals surface area contributed by atoms with Gasteiger partial charge in [0.25, 0.3) is 11.8 Å². The quantitative estimate of drug-likeness (QED) is 0.291. The molecule has 0 bridgehead atoms. The first-order valence-corrected chi connectivity index (χ1v) is 11.8. The monoisotopic (exact) mass is 492 g/mol. The van der Waals surface area contributed by atoms with Crippen LogP contribution >= 0.6 is 34.4 Å². The number of aliphatic carboxylic acids is 1. The summed E-state index contributed by atoms with van der Waals surface area (Å²) < 4.78 is 0. The van der Waals surface area contributed by atoms with Gasteiger partial charge in [0.15, 0.2) is 10.8 Å². The SMILES string of the molecule is CON=C(C(=O)NC1C(=O)N2C(C(=O)O)=C(C=Cc3cncs3)CS[C@@H]12)c1csc(N)n1. The molecule has 4 heterocycles. The number of rotatable bonds is 7. The number of carboxylic acids is 1. The number of carboxylic acid groups (broad SMARTS) is 1. The van der Waals surface area contributed by atoms with Crippen LogP contribution in [0.1, 0.15) is 10.6 Å². The number of anilines is 1. The van der Waals surface area contributed by atoms with Crippen molar-refractivity contribution in [1.82, 2.24) is 20.2 Å². The number of nitrogens with zero attached hydrogens (tertiary/aromatic N) is 4. The van der Waals surface area contributed by atoms with Gasteiger partial charge in [-0.05, 0) is 11.6 Å². The number of fused-ring (bicyclic) bond motifs is 1. The number of carbonyl (C=O) groups excluding carboxylic acids is 2. The summed E-state index contributed by atoms with van der Waals surface area (Å²) in [4.78, 5) is 52.3. The zero-order valence-electron chi connectivity index (χ0n) is 16.4. The van der Waals surface area contributed by atoms with E-state index < -0.39 is 29.2 Å². The van der Waals surface area contributed by atoms with Crippen molar-refractivity contribution in [3.8, 4) is 0 Å². The maximum atomic E-state index is 12.8. The summed E-state index contributed by atoms with van der Waals surface area (Å²) in [6.45, 7) is 0. The highest BCUT2D eigenvalue weighted by Gasteiger charge is 2.54. The van der Waals surface area contributed by atoms with Crippen LogP contribution < -0.4 is 11.1 Å². The third kappa shape index (κ3) is 4.11. The second kappa shape index (κ2) is 9.10. The van der Waals surface area contributed by atoms with E-state index in [4.69, 9.17) is 10.6 Å². The molecule has 2 aromatic heterocycles. The number of nitrogens with one attached hydrogen (secondary N) is 1. The first-order chi connectivity index (χ1) is 15.4. The molecule has 2 atom stereocenters. The van der Waals surface area contributed by atoms with Crippen LogP contribution in [0.2, 0.25) is 0 Å². The van der Waals surface area contributed by atoms with Crippen molar-refractivity contribution in [2.75, 3.05) is 18.6 Å². The van der Waals surface area contributed by atoms with Crippen molar-refractivity contribution in [3.63, 3.8) is 0 Å². The Morgan fingerprint density at radius 1 is 1.41 bits per heavy atom. The fourth-order valence-corrected chi connectivity index (χ4v) is 5.54. The Bertz CT molecular complexity index is 1160. The number of hydrogen-bond donors (Lipinski definition) is 3. The number of nitrogen functional groups attached to an aromatic ring is 1. The van der Waals surface area contributed by atoms with Gasteiger partial charge in [-0.15, -0.1) is 34.4 Å². The maximum absolute atomic E-state index is 12.8. The molecule has 4 N–H and O–H groups in total. The number of allylic oxidation sites excluding steroid dienone is 1. The number of hydrogen-bond acceptors (Lipinski definition) is 11. The minimum absolute atomic E-state index is 0.0944. The van der Waals surface area contributed by atoms with E-state index in [1.54, 1.807) is 29.2 Å². The molecule has 32 heavy (non-hydrogen) atoms. The average molecular weight is 493 g/mol. The van der Waals surface area contributed by atoms with Gasteiger partial charge >= 0.3 is 5.97 Å². The second-order valence-electron chi connectivity index (χ2n) is 6.47. The van der Waals surface area contributed by atoms with E-state index in [9.17, 15) is 19.5 Å². The molecule has 2 amide bonds. The van der Waals surface area contributed by atoms with Gasteiger partial charge in [0, 0.05) is 22.2 Å². The van der Waals surface area contributed by atoms with Crippen LogP contribution in [0.15, 0.2) is 39.6 Å². The summed E-state index contributed by atoms with van der Waals surface area (Å²) in [5.41, 5.74) is 7.79. The molecule has 4 rings (SSSR count). The summed E-state index contributed by atoms with van der Waals surface area (Å²) in [6, 6.07) is -0.910. The lowest BCUT2D eigenvalue weighted by atomic mass is 10.0. The standard InChI is InChI=1S/C18H16N6O5S3/c1-29-23-11(10-6-31-18(19)21-10)14(25)22-12-15(26)24-13(17(27)28)8(5-30-16(12)24)2-3-9-4-20-7-32-9/h2-4,6-7,12,16H,5H2,1H3,(H2,19,21)(H,22,25)(H,27,28)/t12?,16-/m0/s1. The van der Waals surface area contributed by atoms with E-state index in [1.807, 2.05) is 0 Å².